The lowest BCUT2D eigenvalue weighted by atomic mass is 10.2. The highest BCUT2D eigenvalue weighted by atomic mass is 35.5. The van der Waals surface area contributed by atoms with E-state index in [-0.39, 0.29) is 26.2 Å². The summed E-state index contributed by atoms with van der Waals surface area (Å²) in [6, 6.07) is 18.0. The predicted molar refractivity (Wildman–Crippen MR) is 144 cm³/mol. The lowest BCUT2D eigenvalue weighted by Crippen LogP contribution is -2.47. The molecule has 1 aliphatic rings. The smallest absolute Gasteiger partial charge is 0.248 e. The summed E-state index contributed by atoms with van der Waals surface area (Å²) in [6.07, 6.45) is 2.87. The standard InChI is InChI=1S/C29H21ClF5N3O2/c30-20-16-18(36-23(39)11-8-19-7-10-22(40-19)17-4-2-1-3-5-17)6-9-21(20)37-12-14-38(15-13-37)29-27(34)25(32)24(31)26(33)28(29)35/h1-11,16H,12-15H2,(H,36,39)/b11-8+. The molecule has 206 valence electrons. The largest absolute Gasteiger partial charge is 0.457 e. The number of amides is 1. The monoisotopic (exact) mass is 573 g/mol. The molecule has 1 aliphatic heterocycles. The fourth-order valence-electron chi connectivity index (χ4n) is 4.42. The number of benzene rings is 3. The van der Waals surface area contributed by atoms with Crippen LogP contribution in [0.15, 0.2) is 71.2 Å². The van der Waals surface area contributed by atoms with Crippen LogP contribution >= 0.6 is 11.6 Å². The lowest BCUT2D eigenvalue weighted by Gasteiger charge is -2.38. The number of anilines is 3. The summed E-state index contributed by atoms with van der Waals surface area (Å²) in [5.74, 6) is -9.09. The van der Waals surface area contributed by atoms with E-state index in [0.29, 0.717) is 27.9 Å². The van der Waals surface area contributed by atoms with E-state index < -0.39 is 40.7 Å². The highest BCUT2D eigenvalue weighted by Gasteiger charge is 2.31. The Labute approximate surface area is 231 Å². The fraction of sp³-hybridized carbons (Fsp3) is 0.138. The topological polar surface area (TPSA) is 48.7 Å². The molecule has 3 aromatic carbocycles. The number of piperazine rings is 1. The number of carbonyl (C=O) groups excluding carboxylic acids is 1. The van der Waals surface area contributed by atoms with E-state index in [1.54, 1.807) is 30.3 Å². The molecule has 0 unspecified atom stereocenters. The van der Waals surface area contributed by atoms with Crippen molar-refractivity contribution >= 4 is 40.6 Å². The molecule has 5 rings (SSSR count). The molecule has 4 aromatic rings. The third kappa shape index (κ3) is 5.53. The maximum Gasteiger partial charge on any atom is 0.248 e. The molecule has 5 nitrogen and oxygen atoms in total. The number of furan rings is 1. The Morgan fingerprint density at radius 3 is 2.08 bits per heavy atom. The Kier molecular flexibility index (Phi) is 7.79. The van der Waals surface area contributed by atoms with E-state index >= 15 is 0 Å². The molecule has 0 atom stereocenters. The molecule has 11 heteroatoms. The van der Waals surface area contributed by atoms with Crippen LogP contribution in [0.25, 0.3) is 17.4 Å². The van der Waals surface area contributed by atoms with E-state index in [4.69, 9.17) is 16.0 Å². The van der Waals surface area contributed by atoms with Crippen molar-refractivity contribution in [2.45, 2.75) is 0 Å². The SMILES string of the molecule is O=C(/C=C/c1ccc(-c2ccccc2)o1)Nc1ccc(N2CCN(c3c(F)c(F)c(F)c(F)c3F)CC2)c(Cl)c1. The zero-order valence-electron chi connectivity index (χ0n) is 20.7. The molecule has 1 N–H and O–H groups in total. The van der Waals surface area contributed by atoms with Crippen LogP contribution in [0.3, 0.4) is 0 Å². The first-order valence-corrected chi connectivity index (χ1v) is 12.6. The molecule has 2 heterocycles. The second-order valence-electron chi connectivity index (χ2n) is 8.95. The Hall–Kier alpha value is -4.31. The van der Waals surface area contributed by atoms with Gasteiger partial charge in [0.05, 0.1) is 10.7 Å². The zero-order chi connectivity index (χ0) is 28.4. The number of nitrogens with zero attached hydrogens (tertiary/aromatic N) is 2. The van der Waals surface area contributed by atoms with Crippen molar-refractivity contribution in [2.24, 2.45) is 0 Å². The fourth-order valence-corrected chi connectivity index (χ4v) is 4.72. The van der Waals surface area contributed by atoms with Gasteiger partial charge in [0, 0.05) is 43.5 Å². The van der Waals surface area contributed by atoms with Crippen molar-refractivity contribution in [3.05, 3.63) is 107 Å². The molecule has 1 amide bonds. The summed E-state index contributed by atoms with van der Waals surface area (Å²) in [4.78, 5) is 15.4. The van der Waals surface area contributed by atoms with E-state index in [2.05, 4.69) is 5.32 Å². The summed E-state index contributed by atoms with van der Waals surface area (Å²) in [5, 5.41) is 3.02. The van der Waals surface area contributed by atoms with Gasteiger partial charge < -0.3 is 19.5 Å². The van der Waals surface area contributed by atoms with Crippen molar-refractivity contribution in [1.82, 2.24) is 0 Å². The predicted octanol–water partition coefficient (Wildman–Crippen LogP) is 7.27. The molecular formula is C29H21ClF5N3O2. The molecule has 1 saturated heterocycles. The first-order valence-electron chi connectivity index (χ1n) is 12.2. The average molecular weight is 574 g/mol. The van der Waals surface area contributed by atoms with Crippen molar-refractivity contribution in [2.75, 3.05) is 41.3 Å². The van der Waals surface area contributed by atoms with Gasteiger partial charge in [0.25, 0.3) is 0 Å². The van der Waals surface area contributed by atoms with Crippen LogP contribution < -0.4 is 15.1 Å². The number of nitrogens with one attached hydrogen (secondary N) is 1. The van der Waals surface area contributed by atoms with Crippen LogP contribution in [0.1, 0.15) is 5.76 Å². The summed E-state index contributed by atoms with van der Waals surface area (Å²) in [5.41, 5.74) is 1.00. The van der Waals surface area contributed by atoms with Crippen molar-refractivity contribution in [1.29, 1.82) is 0 Å². The Morgan fingerprint density at radius 1 is 0.800 bits per heavy atom. The van der Waals surface area contributed by atoms with Gasteiger partial charge in [-0.1, -0.05) is 41.9 Å². The first kappa shape index (κ1) is 27.3. The molecule has 0 bridgehead atoms. The van der Waals surface area contributed by atoms with Crippen molar-refractivity contribution in [3.8, 4) is 11.3 Å². The third-order valence-electron chi connectivity index (χ3n) is 6.42. The molecule has 0 saturated carbocycles. The number of halogens is 6. The Balaban J connectivity index is 1.20. The number of hydrogen-bond acceptors (Lipinski definition) is 4. The van der Waals surface area contributed by atoms with Crippen LogP contribution in [0.5, 0.6) is 0 Å². The van der Waals surface area contributed by atoms with Crippen LogP contribution in [0, 0.1) is 29.1 Å². The summed E-state index contributed by atoms with van der Waals surface area (Å²) >= 11 is 6.44. The van der Waals surface area contributed by atoms with Gasteiger partial charge in [-0.25, -0.2) is 22.0 Å². The number of carbonyl (C=O) groups is 1. The number of hydrogen-bond donors (Lipinski definition) is 1. The highest BCUT2D eigenvalue weighted by Crippen LogP contribution is 2.33. The minimum absolute atomic E-state index is 0.00324. The van der Waals surface area contributed by atoms with Gasteiger partial charge in [-0.15, -0.1) is 0 Å². The Morgan fingerprint density at radius 2 is 1.43 bits per heavy atom. The molecular weight excluding hydrogens is 553 g/mol. The zero-order valence-corrected chi connectivity index (χ0v) is 21.5. The van der Waals surface area contributed by atoms with Crippen LogP contribution in [-0.2, 0) is 4.79 Å². The maximum absolute atomic E-state index is 14.2. The third-order valence-corrected chi connectivity index (χ3v) is 6.73. The Bertz CT molecular complexity index is 1560. The minimum Gasteiger partial charge on any atom is -0.457 e. The van der Waals surface area contributed by atoms with Gasteiger partial charge in [0.1, 0.15) is 17.2 Å². The van der Waals surface area contributed by atoms with Crippen LogP contribution in [0.4, 0.5) is 39.0 Å². The summed E-state index contributed by atoms with van der Waals surface area (Å²) in [6.45, 7) is 0.414. The van der Waals surface area contributed by atoms with Gasteiger partial charge in [0.2, 0.25) is 11.7 Å². The minimum atomic E-state index is -2.19. The van der Waals surface area contributed by atoms with E-state index in [1.165, 1.54) is 6.08 Å². The molecule has 0 spiro atoms. The highest BCUT2D eigenvalue weighted by molar-refractivity contribution is 6.33. The molecule has 1 aromatic heterocycles. The van der Waals surface area contributed by atoms with Gasteiger partial charge in [-0.2, -0.15) is 0 Å². The van der Waals surface area contributed by atoms with Gasteiger partial charge in [-0.3, -0.25) is 4.79 Å². The molecule has 40 heavy (non-hydrogen) atoms. The van der Waals surface area contributed by atoms with Crippen LogP contribution in [0.2, 0.25) is 5.02 Å². The number of rotatable bonds is 6. The van der Waals surface area contributed by atoms with Crippen molar-refractivity contribution < 1.29 is 31.2 Å². The average Bonchev–Trinajstić information content (AvgIpc) is 3.44. The molecule has 0 aliphatic carbocycles. The quantitative estimate of drug-likeness (QED) is 0.114. The summed E-state index contributed by atoms with van der Waals surface area (Å²) < 4.78 is 74.8. The second-order valence-corrected chi connectivity index (χ2v) is 9.36. The molecule has 1 fully saturated rings. The van der Waals surface area contributed by atoms with Crippen LogP contribution in [-0.4, -0.2) is 32.1 Å². The first-order chi connectivity index (χ1) is 19.2. The van der Waals surface area contributed by atoms with E-state index in [9.17, 15) is 26.7 Å². The van der Waals surface area contributed by atoms with Crippen molar-refractivity contribution in [3.63, 3.8) is 0 Å². The van der Waals surface area contributed by atoms with Gasteiger partial charge >= 0.3 is 0 Å². The summed E-state index contributed by atoms with van der Waals surface area (Å²) in [7, 11) is 0. The molecule has 0 radical (unpaired) electrons. The van der Waals surface area contributed by atoms with Gasteiger partial charge in [-0.05, 0) is 36.4 Å². The second kappa shape index (κ2) is 11.4. The van der Waals surface area contributed by atoms with E-state index in [0.717, 1.165) is 10.5 Å². The van der Waals surface area contributed by atoms with E-state index in [1.807, 2.05) is 41.3 Å². The maximum atomic E-state index is 14.2. The van der Waals surface area contributed by atoms with Gasteiger partial charge in [0.15, 0.2) is 23.3 Å². The lowest BCUT2D eigenvalue weighted by molar-refractivity contribution is -0.111. The normalized spacial score (nSPS) is 13.8.